The normalized spacial score (nSPS) is 13.5. The van der Waals surface area contributed by atoms with E-state index in [2.05, 4.69) is 14.7 Å². The predicted octanol–water partition coefficient (Wildman–Crippen LogP) is -0.0444. The number of nitrogens with zero attached hydrogens (tertiary/aromatic N) is 2. The zero-order valence-corrected chi connectivity index (χ0v) is 9.24. The Morgan fingerprint density at radius 3 is 2.53 bits per heavy atom. The molecule has 1 aromatic heterocycles. The molecule has 0 radical (unpaired) electrons. The van der Waals surface area contributed by atoms with Crippen LogP contribution in [-0.4, -0.2) is 30.2 Å². The minimum absolute atomic E-state index is 0.0735. The summed E-state index contributed by atoms with van der Waals surface area (Å²) >= 11 is 0. The van der Waals surface area contributed by atoms with Gasteiger partial charge in [-0.2, -0.15) is 0 Å². The lowest BCUT2D eigenvalue weighted by Crippen LogP contribution is -2.34. The van der Waals surface area contributed by atoms with Crippen LogP contribution in [0.5, 0.6) is 0 Å². The molecule has 0 spiro atoms. The van der Waals surface area contributed by atoms with Crippen LogP contribution < -0.4 is 10.5 Å². The van der Waals surface area contributed by atoms with Crippen molar-refractivity contribution in [3.63, 3.8) is 0 Å². The average Bonchev–Trinajstić information content (AvgIpc) is 2.19. The molecule has 15 heavy (non-hydrogen) atoms. The first-order valence-electron chi connectivity index (χ1n) is 4.59. The van der Waals surface area contributed by atoms with Crippen molar-refractivity contribution in [2.75, 3.05) is 11.3 Å². The van der Waals surface area contributed by atoms with Crippen LogP contribution in [-0.2, 0) is 10.0 Å². The van der Waals surface area contributed by atoms with E-state index < -0.39 is 15.3 Å². The lowest BCUT2D eigenvalue weighted by atomic mass is 10.3. The van der Waals surface area contributed by atoms with Crippen molar-refractivity contribution in [3.8, 4) is 0 Å². The van der Waals surface area contributed by atoms with Crippen LogP contribution >= 0.6 is 0 Å². The minimum Gasteiger partial charge on any atom is -0.329 e. The Morgan fingerprint density at radius 1 is 1.47 bits per heavy atom. The van der Waals surface area contributed by atoms with Gasteiger partial charge in [0, 0.05) is 18.9 Å². The van der Waals surface area contributed by atoms with Gasteiger partial charge in [-0.3, -0.25) is 4.72 Å². The zero-order chi connectivity index (χ0) is 11.3. The Morgan fingerprint density at radius 2 is 2.07 bits per heavy atom. The van der Waals surface area contributed by atoms with Gasteiger partial charge in [-0.05, 0) is 12.5 Å². The summed E-state index contributed by atoms with van der Waals surface area (Å²) in [5.74, 6) is 0.0735. The Balaban J connectivity index is 2.81. The molecular weight excluding hydrogens is 216 g/mol. The molecule has 1 unspecified atom stereocenters. The monoisotopic (exact) mass is 230 g/mol. The van der Waals surface area contributed by atoms with Crippen molar-refractivity contribution in [2.45, 2.75) is 18.6 Å². The van der Waals surface area contributed by atoms with E-state index in [0.717, 1.165) is 0 Å². The summed E-state index contributed by atoms with van der Waals surface area (Å²) in [7, 11) is -3.48. The molecule has 0 saturated heterocycles. The summed E-state index contributed by atoms with van der Waals surface area (Å²) in [6, 6.07) is 1.61. The van der Waals surface area contributed by atoms with E-state index in [1.807, 2.05) is 0 Å². The number of rotatable bonds is 5. The van der Waals surface area contributed by atoms with Crippen molar-refractivity contribution < 1.29 is 8.42 Å². The fraction of sp³-hybridized carbons (Fsp3) is 0.500. The van der Waals surface area contributed by atoms with Gasteiger partial charge in [-0.15, -0.1) is 0 Å². The molecule has 1 aromatic rings. The second kappa shape index (κ2) is 5.04. The molecular formula is C8H14N4O2S. The highest BCUT2D eigenvalue weighted by atomic mass is 32.2. The summed E-state index contributed by atoms with van der Waals surface area (Å²) in [5, 5.41) is -0.610. The van der Waals surface area contributed by atoms with Crippen LogP contribution in [0.15, 0.2) is 18.5 Å². The molecule has 1 rings (SSSR count). The van der Waals surface area contributed by atoms with Gasteiger partial charge in [0.05, 0.1) is 5.25 Å². The molecule has 0 aliphatic carbocycles. The summed E-state index contributed by atoms with van der Waals surface area (Å²) in [6.07, 6.45) is 3.39. The largest absolute Gasteiger partial charge is 0.329 e. The molecule has 0 aliphatic heterocycles. The molecule has 6 nitrogen and oxygen atoms in total. The molecule has 0 bridgehead atoms. The number of anilines is 1. The molecule has 0 aromatic carbocycles. The van der Waals surface area contributed by atoms with Crippen LogP contribution in [0.4, 0.5) is 5.95 Å². The predicted molar refractivity (Wildman–Crippen MR) is 57.7 cm³/mol. The highest BCUT2D eigenvalue weighted by Crippen LogP contribution is 2.07. The fourth-order valence-corrected chi connectivity index (χ4v) is 2.29. The first-order valence-corrected chi connectivity index (χ1v) is 6.13. The first kappa shape index (κ1) is 11.9. The van der Waals surface area contributed by atoms with Gasteiger partial charge in [0.15, 0.2) is 0 Å². The first-order chi connectivity index (χ1) is 7.10. The van der Waals surface area contributed by atoms with Gasteiger partial charge in [-0.1, -0.05) is 6.92 Å². The van der Waals surface area contributed by atoms with E-state index >= 15 is 0 Å². The molecule has 1 heterocycles. The van der Waals surface area contributed by atoms with E-state index in [1.54, 1.807) is 13.0 Å². The van der Waals surface area contributed by atoms with E-state index in [1.165, 1.54) is 12.4 Å². The average molecular weight is 230 g/mol. The lowest BCUT2D eigenvalue weighted by molar-refractivity contribution is 0.581. The second-order valence-corrected chi connectivity index (χ2v) is 4.95. The highest BCUT2D eigenvalue weighted by Gasteiger charge is 2.22. The maximum Gasteiger partial charge on any atom is 0.239 e. The van der Waals surface area contributed by atoms with Gasteiger partial charge in [0.2, 0.25) is 16.0 Å². The number of nitrogens with two attached hydrogens (primary N) is 1. The van der Waals surface area contributed by atoms with E-state index in [0.29, 0.717) is 6.42 Å². The van der Waals surface area contributed by atoms with Gasteiger partial charge in [0.25, 0.3) is 0 Å². The minimum atomic E-state index is -3.48. The zero-order valence-electron chi connectivity index (χ0n) is 8.42. The van der Waals surface area contributed by atoms with E-state index in [4.69, 9.17) is 5.73 Å². The molecule has 0 saturated carbocycles. The molecule has 1 atom stereocenters. The summed E-state index contributed by atoms with van der Waals surface area (Å²) in [5.41, 5.74) is 5.36. The Hall–Kier alpha value is -1.21. The van der Waals surface area contributed by atoms with Gasteiger partial charge in [-0.25, -0.2) is 18.4 Å². The van der Waals surface area contributed by atoms with Crippen molar-refractivity contribution in [1.29, 1.82) is 0 Å². The van der Waals surface area contributed by atoms with Crippen molar-refractivity contribution in [2.24, 2.45) is 5.73 Å². The van der Waals surface area contributed by atoms with Crippen LogP contribution in [0, 0.1) is 0 Å². The number of hydrogen-bond acceptors (Lipinski definition) is 5. The highest BCUT2D eigenvalue weighted by molar-refractivity contribution is 7.93. The third-order valence-corrected chi connectivity index (χ3v) is 3.83. The van der Waals surface area contributed by atoms with Crippen molar-refractivity contribution >= 4 is 16.0 Å². The maximum atomic E-state index is 11.7. The summed E-state index contributed by atoms with van der Waals surface area (Å²) in [4.78, 5) is 7.55. The van der Waals surface area contributed by atoms with Crippen LogP contribution in [0.25, 0.3) is 0 Å². The standard InChI is InChI=1S/C8H14N4O2S/c1-2-7(6-9)15(13,14)12-8-10-4-3-5-11-8/h3-5,7H,2,6,9H2,1H3,(H,10,11,12). The van der Waals surface area contributed by atoms with Gasteiger partial charge >= 0.3 is 0 Å². The Kier molecular flexibility index (Phi) is 3.98. The lowest BCUT2D eigenvalue weighted by Gasteiger charge is -2.13. The topological polar surface area (TPSA) is 98.0 Å². The molecule has 0 fully saturated rings. The summed E-state index contributed by atoms with van der Waals surface area (Å²) < 4.78 is 25.7. The van der Waals surface area contributed by atoms with Crippen molar-refractivity contribution in [1.82, 2.24) is 9.97 Å². The molecule has 3 N–H and O–H groups in total. The van der Waals surface area contributed by atoms with Crippen LogP contribution in [0.2, 0.25) is 0 Å². The van der Waals surface area contributed by atoms with E-state index in [-0.39, 0.29) is 12.5 Å². The van der Waals surface area contributed by atoms with Crippen molar-refractivity contribution in [3.05, 3.63) is 18.5 Å². The quantitative estimate of drug-likeness (QED) is 0.739. The number of nitrogens with one attached hydrogen (secondary N) is 1. The number of sulfonamides is 1. The second-order valence-electron chi connectivity index (χ2n) is 2.99. The SMILES string of the molecule is CCC(CN)S(=O)(=O)Nc1ncccn1. The molecule has 0 amide bonds. The van der Waals surface area contributed by atoms with Gasteiger partial charge < -0.3 is 5.73 Å². The number of aromatic nitrogens is 2. The fourth-order valence-electron chi connectivity index (χ4n) is 1.08. The Labute approximate surface area is 89.0 Å². The third-order valence-electron chi connectivity index (χ3n) is 1.96. The summed E-state index contributed by atoms with van der Waals surface area (Å²) in [6.45, 7) is 1.85. The van der Waals surface area contributed by atoms with E-state index in [9.17, 15) is 8.42 Å². The Bertz CT molecular complexity index is 388. The van der Waals surface area contributed by atoms with Gasteiger partial charge in [0.1, 0.15) is 0 Å². The van der Waals surface area contributed by atoms with Crippen LogP contribution in [0.1, 0.15) is 13.3 Å². The van der Waals surface area contributed by atoms with Crippen LogP contribution in [0.3, 0.4) is 0 Å². The third kappa shape index (κ3) is 3.14. The molecule has 7 heteroatoms. The smallest absolute Gasteiger partial charge is 0.239 e. The molecule has 0 aliphatic rings. The molecule has 84 valence electrons. The maximum absolute atomic E-state index is 11.7. The number of hydrogen-bond donors (Lipinski definition) is 2.